The monoisotopic (exact) mass is 686 g/mol. The van der Waals surface area contributed by atoms with E-state index in [0.29, 0.717) is 13.0 Å². The highest BCUT2D eigenvalue weighted by molar-refractivity contribution is 7.47. The molecule has 0 aromatic heterocycles. The van der Waals surface area contributed by atoms with E-state index in [1.165, 1.54) is 77.0 Å². The number of hydrogen-bond acceptors (Lipinski definition) is 7. The van der Waals surface area contributed by atoms with Crippen LogP contribution in [0.1, 0.15) is 162 Å². The van der Waals surface area contributed by atoms with Gasteiger partial charge in [0.05, 0.1) is 19.8 Å². The number of ether oxygens (including phenoxy) is 2. The molecule has 0 saturated heterocycles. The van der Waals surface area contributed by atoms with Gasteiger partial charge in [0.1, 0.15) is 6.10 Å². The number of allylic oxidation sites excluding steroid dienone is 6. The van der Waals surface area contributed by atoms with Crippen LogP contribution in [0.3, 0.4) is 0 Å². The first kappa shape index (κ1) is 45.7. The Kier molecular flexibility index (Phi) is 35.0. The molecule has 0 radical (unpaired) electrons. The van der Waals surface area contributed by atoms with E-state index in [4.69, 9.17) is 24.3 Å². The second-order valence-electron chi connectivity index (χ2n) is 12.4. The minimum absolute atomic E-state index is 0.0965. The third-order valence-electron chi connectivity index (χ3n) is 7.78. The van der Waals surface area contributed by atoms with Gasteiger partial charge in [0.25, 0.3) is 0 Å². The number of phosphoric ester groups is 1. The highest BCUT2D eigenvalue weighted by Crippen LogP contribution is 2.43. The molecule has 0 heterocycles. The molecule has 2 atom stereocenters. The lowest BCUT2D eigenvalue weighted by Crippen LogP contribution is -2.28. The smallest absolute Gasteiger partial charge is 0.457 e. The number of nitrogens with two attached hydrogens (primary N) is 1. The van der Waals surface area contributed by atoms with Gasteiger partial charge in [-0.25, -0.2) is 4.57 Å². The highest BCUT2D eigenvalue weighted by atomic mass is 31.2. The van der Waals surface area contributed by atoms with Crippen molar-refractivity contribution in [1.29, 1.82) is 0 Å². The van der Waals surface area contributed by atoms with Crippen LogP contribution in [-0.2, 0) is 27.9 Å². The Morgan fingerprint density at radius 2 is 1.15 bits per heavy atom. The molecule has 276 valence electrons. The molecule has 0 saturated carbocycles. The van der Waals surface area contributed by atoms with Crippen molar-refractivity contribution in [1.82, 2.24) is 0 Å². The van der Waals surface area contributed by atoms with Crippen molar-refractivity contribution >= 4 is 13.8 Å². The van der Waals surface area contributed by atoms with Crippen LogP contribution in [0.5, 0.6) is 0 Å². The SMILES string of the molecule is CCCC/C=C\CCCCCCCC(=O)OC(COCCCCCCCC/C=C\C/C=C\CCCCCC)COP(=O)(O)OCCN. The van der Waals surface area contributed by atoms with E-state index in [2.05, 4.69) is 50.3 Å². The van der Waals surface area contributed by atoms with Crippen LogP contribution in [0.15, 0.2) is 36.5 Å². The molecule has 0 fully saturated rings. The average Bonchev–Trinajstić information content (AvgIpc) is 3.06. The first-order valence-electron chi connectivity index (χ1n) is 19.0. The third kappa shape index (κ3) is 35.8. The molecule has 3 N–H and O–H groups in total. The minimum atomic E-state index is -4.27. The Morgan fingerprint density at radius 1 is 0.638 bits per heavy atom. The van der Waals surface area contributed by atoms with Crippen molar-refractivity contribution in [3.05, 3.63) is 36.5 Å². The van der Waals surface area contributed by atoms with Gasteiger partial charge < -0.3 is 20.1 Å². The summed E-state index contributed by atoms with van der Waals surface area (Å²) in [6.07, 6.45) is 38.7. The third-order valence-corrected chi connectivity index (χ3v) is 8.76. The van der Waals surface area contributed by atoms with Crippen molar-refractivity contribution in [3.63, 3.8) is 0 Å². The van der Waals surface area contributed by atoms with E-state index in [1.54, 1.807) is 0 Å². The van der Waals surface area contributed by atoms with Gasteiger partial charge in [-0.3, -0.25) is 13.8 Å². The zero-order valence-corrected chi connectivity index (χ0v) is 31.2. The maximum Gasteiger partial charge on any atom is 0.472 e. The summed E-state index contributed by atoms with van der Waals surface area (Å²) < 4.78 is 33.2. The van der Waals surface area contributed by atoms with Crippen LogP contribution in [-0.4, -0.2) is 49.9 Å². The molecule has 0 aliphatic rings. The maximum atomic E-state index is 12.5. The van der Waals surface area contributed by atoms with Crippen molar-refractivity contribution in [2.24, 2.45) is 5.73 Å². The summed E-state index contributed by atoms with van der Waals surface area (Å²) in [4.78, 5) is 22.3. The van der Waals surface area contributed by atoms with Gasteiger partial charge in [-0.15, -0.1) is 0 Å². The Bertz CT molecular complexity index is 818. The number of rotatable bonds is 36. The fourth-order valence-corrected chi connectivity index (χ4v) is 5.71. The normalized spacial score (nSPS) is 14.0. The van der Waals surface area contributed by atoms with E-state index >= 15 is 0 Å². The molecule has 0 rings (SSSR count). The molecule has 0 aliphatic carbocycles. The number of phosphoric acid groups is 1. The molecule has 0 amide bonds. The molecule has 47 heavy (non-hydrogen) atoms. The first-order valence-corrected chi connectivity index (χ1v) is 20.5. The Hall–Kier alpha value is -1.28. The fraction of sp³-hybridized carbons (Fsp3) is 0.816. The first-order chi connectivity index (χ1) is 22.9. The zero-order valence-electron chi connectivity index (χ0n) is 30.3. The molecular weight excluding hydrogens is 613 g/mol. The number of carbonyl (C=O) groups excluding carboxylic acids is 1. The van der Waals surface area contributed by atoms with Gasteiger partial charge in [-0.2, -0.15) is 0 Å². The van der Waals surface area contributed by atoms with Gasteiger partial charge >= 0.3 is 13.8 Å². The van der Waals surface area contributed by atoms with E-state index in [9.17, 15) is 14.3 Å². The summed E-state index contributed by atoms with van der Waals surface area (Å²) in [5.41, 5.74) is 5.35. The van der Waals surface area contributed by atoms with Crippen LogP contribution in [0.25, 0.3) is 0 Å². The topological polar surface area (TPSA) is 117 Å². The molecule has 2 unspecified atom stereocenters. The number of hydrogen-bond donors (Lipinski definition) is 2. The summed E-state index contributed by atoms with van der Waals surface area (Å²) in [5, 5.41) is 0. The molecule has 8 nitrogen and oxygen atoms in total. The number of carbonyl (C=O) groups is 1. The predicted octanol–water partition coefficient (Wildman–Crippen LogP) is 10.7. The lowest BCUT2D eigenvalue weighted by molar-refractivity contribution is -0.154. The Morgan fingerprint density at radius 3 is 1.74 bits per heavy atom. The molecular formula is C38H72NO7P. The molecule has 0 aliphatic heterocycles. The van der Waals surface area contributed by atoms with Crippen molar-refractivity contribution in [3.8, 4) is 0 Å². The van der Waals surface area contributed by atoms with Crippen molar-refractivity contribution in [2.75, 3.05) is 33.0 Å². The molecule has 0 spiro atoms. The van der Waals surface area contributed by atoms with Crippen molar-refractivity contribution < 1.29 is 32.8 Å². The minimum Gasteiger partial charge on any atom is -0.457 e. The fourth-order valence-electron chi connectivity index (χ4n) is 4.95. The quantitative estimate of drug-likeness (QED) is 0.0290. The van der Waals surface area contributed by atoms with Crippen LogP contribution in [0, 0.1) is 0 Å². The van der Waals surface area contributed by atoms with Gasteiger partial charge in [0.15, 0.2) is 0 Å². The van der Waals surface area contributed by atoms with Gasteiger partial charge in [0, 0.05) is 19.6 Å². The van der Waals surface area contributed by atoms with E-state index < -0.39 is 13.9 Å². The summed E-state index contributed by atoms with van der Waals surface area (Å²) in [5.74, 6) is -0.346. The largest absolute Gasteiger partial charge is 0.472 e. The van der Waals surface area contributed by atoms with E-state index in [0.717, 1.165) is 64.2 Å². The second-order valence-corrected chi connectivity index (χ2v) is 13.9. The molecule has 9 heteroatoms. The Labute approximate surface area is 288 Å². The molecule has 0 aromatic carbocycles. The molecule has 0 aromatic rings. The Balaban J connectivity index is 4.10. The zero-order chi connectivity index (χ0) is 34.5. The van der Waals surface area contributed by atoms with Crippen LogP contribution in [0.4, 0.5) is 0 Å². The summed E-state index contributed by atoms with van der Waals surface area (Å²) >= 11 is 0. The van der Waals surface area contributed by atoms with Crippen LogP contribution in [0.2, 0.25) is 0 Å². The van der Waals surface area contributed by atoms with Crippen LogP contribution >= 0.6 is 7.82 Å². The van der Waals surface area contributed by atoms with Gasteiger partial charge in [0.2, 0.25) is 0 Å². The lowest BCUT2D eigenvalue weighted by atomic mass is 10.1. The summed E-state index contributed by atoms with van der Waals surface area (Å²) in [6.45, 7) is 4.82. The second kappa shape index (κ2) is 36.0. The number of esters is 1. The maximum absolute atomic E-state index is 12.5. The highest BCUT2D eigenvalue weighted by Gasteiger charge is 2.25. The van der Waals surface area contributed by atoms with Crippen molar-refractivity contribution in [2.45, 2.75) is 168 Å². The summed E-state index contributed by atoms with van der Waals surface area (Å²) in [6, 6.07) is 0. The standard InChI is InChI=1S/C38H72NO7P/c1-3-5-7-9-11-13-15-16-17-18-19-20-22-24-26-28-30-33-43-35-37(36-45-47(41,42)44-34-32-39)46-38(40)31-29-27-25-23-21-14-12-10-8-6-4-2/h10,12-13,15,17-18,37H,3-9,11,14,16,19-36,39H2,1-2H3,(H,41,42)/b12-10-,15-13-,18-17-. The predicted molar refractivity (Wildman–Crippen MR) is 196 cm³/mol. The summed E-state index contributed by atoms with van der Waals surface area (Å²) in [7, 11) is -4.27. The average molecular weight is 686 g/mol. The van der Waals surface area contributed by atoms with Gasteiger partial charge in [-0.1, -0.05) is 127 Å². The number of unbranched alkanes of at least 4 members (excludes halogenated alkanes) is 17. The lowest BCUT2D eigenvalue weighted by Gasteiger charge is -2.20. The molecule has 0 bridgehead atoms. The van der Waals surface area contributed by atoms with E-state index in [1.807, 2.05) is 0 Å². The van der Waals surface area contributed by atoms with Crippen LogP contribution < -0.4 is 5.73 Å². The van der Waals surface area contributed by atoms with Gasteiger partial charge in [-0.05, 0) is 64.2 Å². The van der Waals surface area contributed by atoms with E-state index in [-0.39, 0.29) is 32.3 Å².